The number of fused-ring (bicyclic) bond motifs is 3. The number of hydrogen-bond acceptors (Lipinski definition) is 5. The molecule has 2 N–H and O–H groups in total. The average Bonchev–Trinajstić information content (AvgIpc) is 3.07. The summed E-state index contributed by atoms with van der Waals surface area (Å²) < 4.78 is 7.04. The SMILES string of the molecule is COc1cccc2c1nc(N)n1cc(C(=O)N3CCC(C)(C)CC3)nc21. The van der Waals surface area contributed by atoms with Crippen LogP contribution in [-0.4, -0.2) is 45.4 Å². The molecule has 1 fully saturated rings. The number of carbonyl (C=O) groups excluding carboxylic acids is 1. The van der Waals surface area contributed by atoms with Crippen LogP contribution in [0.15, 0.2) is 24.4 Å². The Labute approximate surface area is 151 Å². The van der Waals surface area contributed by atoms with Crippen molar-refractivity contribution in [3.8, 4) is 5.75 Å². The van der Waals surface area contributed by atoms with Crippen molar-refractivity contribution >= 4 is 28.4 Å². The van der Waals surface area contributed by atoms with E-state index in [0.29, 0.717) is 22.6 Å². The summed E-state index contributed by atoms with van der Waals surface area (Å²) in [7, 11) is 1.59. The van der Waals surface area contributed by atoms with Gasteiger partial charge in [-0.3, -0.25) is 9.20 Å². The van der Waals surface area contributed by atoms with Gasteiger partial charge in [-0.05, 0) is 30.4 Å². The maximum atomic E-state index is 12.9. The Kier molecular flexibility index (Phi) is 3.75. The third-order valence-electron chi connectivity index (χ3n) is 5.26. The van der Waals surface area contributed by atoms with Crippen molar-refractivity contribution in [2.24, 2.45) is 5.41 Å². The number of amides is 1. The Morgan fingerprint density at radius 3 is 2.65 bits per heavy atom. The Hall–Kier alpha value is -2.83. The average molecular weight is 353 g/mol. The van der Waals surface area contributed by atoms with Crippen LogP contribution >= 0.6 is 0 Å². The van der Waals surface area contributed by atoms with Crippen LogP contribution in [0.3, 0.4) is 0 Å². The number of methoxy groups -OCH3 is 1. The minimum Gasteiger partial charge on any atom is -0.494 e. The zero-order valence-corrected chi connectivity index (χ0v) is 15.3. The molecule has 0 atom stereocenters. The Bertz CT molecular complexity index is 998. The normalized spacial score (nSPS) is 17.0. The van der Waals surface area contributed by atoms with E-state index in [-0.39, 0.29) is 17.3 Å². The lowest BCUT2D eigenvalue weighted by atomic mass is 9.82. The number of benzene rings is 1. The van der Waals surface area contributed by atoms with Crippen LogP contribution in [0.2, 0.25) is 0 Å². The molecule has 26 heavy (non-hydrogen) atoms. The molecule has 2 aromatic heterocycles. The number of aromatic nitrogens is 3. The number of likely N-dealkylation sites (tertiary alicyclic amines) is 1. The molecule has 1 aliphatic heterocycles. The fourth-order valence-electron chi connectivity index (χ4n) is 3.48. The molecule has 1 aromatic carbocycles. The fraction of sp³-hybridized carbons (Fsp3) is 0.421. The highest BCUT2D eigenvalue weighted by atomic mass is 16.5. The molecule has 4 rings (SSSR count). The molecule has 0 unspecified atom stereocenters. The van der Waals surface area contributed by atoms with Gasteiger partial charge in [-0.1, -0.05) is 19.9 Å². The lowest BCUT2D eigenvalue weighted by Gasteiger charge is -2.36. The van der Waals surface area contributed by atoms with E-state index in [1.165, 1.54) is 0 Å². The summed E-state index contributed by atoms with van der Waals surface area (Å²) in [5, 5.41) is 0.803. The third kappa shape index (κ3) is 2.64. The van der Waals surface area contributed by atoms with Gasteiger partial charge in [0.2, 0.25) is 5.95 Å². The number of nitrogens with two attached hydrogens (primary N) is 1. The molecule has 0 radical (unpaired) electrons. The van der Waals surface area contributed by atoms with Gasteiger partial charge in [0.15, 0.2) is 0 Å². The van der Waals surface area contributed by atoms with Gasteiger partial charge in [-0.25, -0.2) is 9.97 Å². The van der Waals surface area contributed by atoms with E-state index >= 15 is 0 Å². The first-order valence-corrected chi connectivity index (χ1v) is 8.80. The van der Waals surface area contributed by atoms with E-state index < -0.39 is 0 Å². The topological polar surface area (TPSA) is 85.8 Å². The summed E-state index contributed by atoms with van der Waals surface area (Å²) in [4.78, 5) is 23.8. The molecule has 0 spiro atoms. The van der Waals surface area contributed by atoms with E-state index in [2.05, 4.69) is 23.8 Å². The highest BCUT2D eigenvalue weighted by Crippen LogP contribution is 2.31. The van der Waals surface area contributed by atoms with Crippen molar-refractivity contribution in [2.45, 2.75) is 26.7 Å². The molecule has 0 saturated carbocycles. The third-order valence-corrected chi connectivity index (χ3v) is 5.26. The van der Waals surface area contributed by atoms with Crippen LogP contribution < -0.4 is 10.5 Å². The van der Waals surface area contributed by atoms with Crippen LogP contribution in [0, 0.1) is 5.41 Å². The number of piperidine rings is 1. The quantitative estimate of drug-likeness (QED) is 0.765. The minimum absolute atomic E-state index is 0.0559. The van der Waals surface area contributed by atoms with Gasteiger partial charge in [0.05, 0.1) is 7.11 Å². The molecule has 1 amide bonds. The van der Waals surface area contributed by atoms with Gasteiger partial charge in [0.25, 0.3) is 5.91 Å². The van der Waals surface area contributed by atoms with Gasteiger partial charge in [0, 0.05) is 24.7 Å². The van der Waals surface area contributed by atoms with E-state index in [9.17, 15) is 4.79 Å². The van der Waals surface area contributed by atoms with E-state index in [0.717, 1.165) is 31.3 Å². The van der Waals surface area contributed by atoms with Gasteiger partial charge in [-0.15, -0.1) is 0 Å². The minimum atomic E-state index is -0.0559. The number of rotatable bonds is 2. The summed E-state index contributed by atoms with van der Waals surface area (Å²) in [6.45, 7) is 5.99. The maximum absolute atomic E-state index is 12.9. The zero-order chi connectivity index (χ0) is 18.5. The standard InChI is InChI=1S/C19H23N5O2/c1-19(2)7-9-23(10-8-19)17(25)13-11-24-16(21-13)12-5-4-6-14(26-3)15(12)22-18(24)20/h4-6,11H,7-10H2,1-3H3,(H2,20,22). The van der Waals surface area contributed by atoms with Crippen LogP contribution in [0.4, 0.5) is 5.95 Å². The number of hydrogen-bond donors (Lipinski definition) is 1. The van der Waals surface area contributed by atoms with Crippen LogP contribution in [-0.2, 0) is 0 Å². The number of ether oxygens (including phenoxy) is 1. The lowest BCUT2D eigenvalue weighted by Crippen LogP contribution is -2.41. The van der Waals surface area contributed by atoms with Crippen LogP contribution in [0.5, 0.6) is 5.75 Å². The molecule has 7 heteroatoms. The molecule has 1 saturated heterocycles. The summed E-state index contributed by atoms with van der Waals surface area (Å²) in [5.74, 6) is 0.855. The molecule has 3 aromatic rings. The van der Waals surface area contributed by atoms with Gasteiger partial charge < -0.3 is 15.4 Å². The number of nitrogens with zero attached hydrogens (tertiary/aromatic N) is 4. The molecule has 136 valence electrons. The van der Waals surface area contributed by atoms with E-state index in [1.54, 1.807) is 17.7 Å². The maximum Gasteiger partial charge on any atom is 0.274 e. The molecule has 1 aliphatic rings. The Morgan fingerprint density at radius 2 is 1.96 bits per heavy atom. The van der Waals surface area contributed by atoms with Crippen molar-refractivity contribution in [3.63, 3.8) is 0 Å². The summed E-state index contributed by atoms with van der Waals surface area (Å²) >= 11 is 0. The lowest BCUT2D eigenvalue weighted by molar-refractivity contribution is 0.0625. The summed E-state index contributed by atoms with van der Waals surface area (Å²) in [5.41, 5.74) is 8.05. The van der Waals surface area contributed by atoms with Crippen LogP contribution in [0.1, 0.15) is 37.2 Å². The highest BCUT2D eigenvalue weighted by molar-refractivity contribution is 5.99. The summed E-state index contributed by atoms with van der Waals surface area (Å²) in [6, 6.07) is 5.61. The number of anilines is 1. The van der Waals surface area contributed by atoms with Gasteiger partial charge >= 0.3 is 0 Å². The first kappa shape index (κ1) is 16.6. The summed E-state index contributed by atoms with van der Waals surface area (Å²) in [6.07, 6.45) is 3.67. The monoisotopic (exact) mass is 353 g/mol. The Balaban J connectivity index is 1.77. The smallest absolute Gasteiger partial charge is 0.274 e. The van der Waals surface area contributed by atoms with Crippen molar-refractivity contribution in [1.82, 2.24) is 19.3 Å². The number of imidazole rings is 1. The number of para-hydroxylation sites is 1. The molecular weight excluding hydrogens is 330 g/mol. The van der Waals surface area contributed by atoms with Gasteiger partial charge in [0.1, 0.15) is 22.6 Å². The first-order chi connectivity index (χ1) is 12.4. The van der Waals surface area contributed by atoms with Gasteiger partial charge in [-0.2, -0.15) is 0 Å². The molecule has 0 bridgehead atoms. The molecule has 7 nitrogen and oxygen atoms in total. The largest absolute Gasteiger partial charge is 0.494 e. The predicted octanol–water partition coefficient (Wildman–Crippen LogP) is 2.74. The van der Waals surface area contributed by atoms with Crippen molar-refractivity contribution < 1.29 is 9.53 Å². The second-order valence-corrected chi connectivity index (χ2v) is 7.60. The van der Waals surface area contributed by atoms with E-state index in [4.69, 9.17) is 10.5 Å². The first-order valence-electron chi connectivity index (χ1n) is 8.80. The van der Waals surface area contributed by atoms with Crippen molar-refractivity contribution in [2.75, 3.05) is 25.9 Å². The number of carbonyl (C=O) groups is 1. The van der Waals surface area contributed by atoms with Crippen molar-refractivity contribution in [3.05, 3.63) is 30.1 Å². The van der Waals surface area contributed by atoms with Crippen molar-refractivity contribution in [1.29, 1.82) is 0 Å². The van der Waals surface area contributed by atoms with Crippen LogP contribution in [0.25, 0.3) is 16.6 Å². The zero-order valence-electron chi connectivity index (χ0n) is 15.3. The Morgan fingerprint density at radius 1 is 1.23 bits per heavy atom. The second kappa shape index (κ2) is 5.86. The predicted molar refractivity (Wildman–Crippen MR) is 100 cm³/mol. The fourth-order valence-corrected chi connectivity index (χ4v) is 3.48. The molecular formula is C19H23N5O2. The van der Waals surface area contributed by atoms with E-state index in [1.807, 2.05) is 23.1 Å². The second-order valence-electron chi connectivity index (χ2n) is 7.60. The molecule has 0 aliphatic carbocycles. The highest BCUT2D eigenvalue weighted by Gasteiger charge is 2.29. The number of nitrogen functional groups attached to an aromatic ring is 1. The molecule has 3 heterocycles.